The molecule has 1 aliphatic heterocycles. The van der Waals surface area contributed by atoms with Gasteiger partial charge in [-0.2, -0.15) is 4.31 Å². The number of likely N-dealkylation sites (N-methyl/N-ethyl adjacent to an activating group) is 1. The van der Waals surface area contributed by atoms with Gasteiger partial charge in [-0.1, -0.05) is 42.5 Å². The Hall–Kier alpha value is -1.39. The number of benzene rings is 1. The van der Waals surface area contributed by atoms with Crippen molar-refractivity contribution < 1.29 is 27.5 Å². The topological polar surface area (TPSA) is 93.2 Å². The average Bonchev–Trinajstić information content (AvgIpc) is 2.77. The van der Waals surface area contributed by atoms with Crippen molar-refractivity contribution >= 4 is 45.1 Å². The molecule has 1 aromatic carbocycles. The van der Waals surface area contributed by atoms with Crippen molar-refractivity contribution in [1.82, 2.24) is 9.21 Å². The van der Waals surface area contributed by atoms with Crippen molar-refractivity contribution in [2.75, 3.05) is 40.0 Å². The van der Waals surface area contributed by atoms with Crippen LogP contribution < -0.4 is 0 Å². The van der Waals surface area contributed by atoms with Gasteiger partial charge in [0.2, 0.25) is 10.0 Å². The molecule has 0 bridgehead atoms. The lowest BCUT2D eigenvalue weighted by Gasteiger charge is -2.31. The fraction of sp³-hybridized carbons (Fsp3) is 0.600. The Bertz CT molecular complexity index is 928. The van der Waals surface area contributed by atoms with Crippen LogP contribution in [0, 0.1) is 0 Å². The van der Waals surface area contributed by atoms with Crippen molar-refractivity contribution in [3.8, 4) is 0 Å². The van der Waals surface area contributed by atoms with Gasteiger partial charge in [0, 0.05) is 26.2 Å². The highest BCUT2D eigenvalue weighted by atomic mass is 35.5. The van der Waals surface area contributed by atoms with Gasteiger partial charge in [-0.15, -0.1) is 0 Å². The van der Waals surface area contributed by atoms with Gasteiger partial charge in [0.05, 0.1) is 28.8 Å². The van der Waals surface area contributed by atoms with E-state index in [1.807, 2.05) is 0 Å². The second-order valence-corrected chi connectivity index (χ2v) is 10.4. The predicted molar refractivity (Wildman–Crippen MR) is 116 cm³/mol. The van der Waals surface area contributed by atoms with E-state index in [9.17, 15) is 18.0 Å². The SMILES string of the molecule is CN(C(=O)COC(=O)c1cc(S(=O)(=O)N2CCOCC2)c(Cl)cc1Cl)C1CCCCC1. The number of carbonyl (C=O) groups is 2. The van der Waals surface area contributed by atoms with E-state index in [0.717, 1.165) is 38.2 Å². The van der Waals surface area contributed by atoms with Crippen LogP contribution in [0.5, 0.6) is 0 Å². The summed E-state index contributed by atoms with van der Waals surface area (Å²) in [7, 11) is -2.24. The van der Waals surface area contributed by atoms with Crippen LogP contribution >= 0.6 is 23.2 Å². The molecule has 3 rings (SSSR count). The molecule has 1 heterocycles. The molecule has 1 aliphatic carbocycles. The van der Waals surface area contributed by atoms with Crippen LogP contribution in [0.25, 0.3) is 0 Å². The van der Waals surface area contributed by atoms with Crippen molar-refractivity contribution in [2.45, 2.75) is 43.0 Å². The molecule has 1 saturated carbocycles. The van der Waals surface area contributed by atoms with Gasteiger partial charge in [-0.05, 0) is 25.0 Å². The molecule has 2 fully saturated rings. The number of hydrogen-bond acceptors (Lipinski definition) is 6. The summed E-state index contributed by atoms with van der Waals surface area (Å²) in [6.45, 7) is 0.467. The Morgan fingerprint density at radius 2 is 1.77 bits per heavy atom. The van der Waals surface area contributed by atoms with Crippen LogP contribution in [-0.2, 0) is 24.3 Å². The predicted octanol–water partition coefficient (Wildman–Crippen LogP) is 2.96. The normalized spacial score (nSPS) is 18.5. The number of esters is 1. The zero-order valence-electron chi connectivity index (χ0n) is 17.3. The molecule has 0 radical (unpaired) electrons. The minimum Gasteiger partial charge on any atom is -0.452 e. The van der Waals surface area contributed by atoms with E-state index in [1.54, 1.807) is 11.9 Å². The van der Waals surface area contributed by atoms with Crippen molar-refractivity contribution in [2.24, 2.45) is 0 Å². The molecule has 11 heteroatoms. The van der Waals surface area contributed by atoms with Crippen LogP contribution in [0.2, 0.25) is 10.0 Å². The molecule has 0 unspecified atom stereocenters. The molecule has 2 aliphatic rings. The third-order valence-electron chi connectivity index (χ3n) is 5.67. The number of nitrogens with zero attached hydrogens (tertiary/aromatic N) is 2. The lowest BCUT2D eigenvalue weighted by molar-refractivity contribution is -0.135. The van der Waals surface area contributed by atoms with Gasteiger partial charge in [0.15, 0.2) is 6.61 Å². The Morgan fingerprint density at radius 3 is 2.42 bits per heavy atom. The van der Waals surface area contributed by atoms with E-state index in [0.29, 0.717) is 0 Å². The number of carbonyl (C=O) groups excluding carboxylic acids is 2. The first-order valence-corrected chi connectivity index (χ1v) is 12.4. The smallest absolute Gasteiger partial charge is 0.340 e. The first-order valence-electron chi connectivity index (χ1n) is 10.2. The third kappa shape index (κ3) is 5.70. The van der Waals surface area contributed by atoms with E-state index in [4.69, 9.17) is 32.7 Å². The molecule has 0 aromatic heterocycles. The summed E-state index contributed by atoms with van der Waals surface area (Å²) >= 11 is 12.3. The number of hydrogen-bond donors (Lipinski definition) is 0. The standard InChI is InChI=1S/C20H26Cl2N2O6S/c1-23(14-5-3-2-4-6-14)19(25)13-30-20(26)15-11-18(17(22)12-16(15)21)31(27,28)24-7-9-29-10-8-24/h11-12,14H,2-10,13H2,1H3. The van der Waals surface area contributed by atoms with Gasteiger partial charge >= 0.3 is 5.97 Å². The molecule has 1 amide bonds. The van der Waals surface area contributed by atoms with Crippen molar-refractivity contribution in [3.05, 3.63) is 27.7 Å². The van der Waals surface area contributed by atoms with Crippen molar-refractivity contribution in [1.29, 1.82) is 0 Å². The van der Waals surface area contributed by atoms with E-state index in [1.165, 1.54) is 10.4 Å². The first kappa shape index (κ1) is 24.3. The molecular formula is C20H26Cl2N2O6S. The number of rotatable bonds is 6. The molecule has 0 atom stereocenters. The van der Waals surface area contributed by atoms with E-state index >= 15 is 0 Å². The minimum atomic E-state index is -3.94. The maximum absolute atomic E-state index is 13.0. The van der Waals surface area contributed by atoms with Gasteiger partial charge < -0.3 is 14.4 Å². The first-order chi connectivity index (χ1) is 14.7. The Labute approximate surface area is 192 Å². The quantitative estimate of drug-likeness (QED) is 0.566. The molecule has 172 valence electrons. The summed E-state index contributed by atoms with van der Waals surface area (Å²) < 4.78 is 37.5. The Morgan fingerprint density at radius 1 is 1.13 bits per heavy atom. The van der Waals surface area contributed by atoms with Gasteiger partial charge in [0.1, 0.15) is 4.90 Å². The highest BCUT2D eigenvalue weighted by molar-refractivity contribution is 7.89. The fourth-order valence-corrected chi connectivity index (χ4v) is 6.02. The second kappa shape index (κ2) is 10.5. The maximum Gasteiger partial charge on any atom is 0.340 e. The minimum absolute atomic E-state index is 0.0518. The molecule has 31 heavy (non-hydrogen) atoms. The highest BCUT2D eigenvalue weighted by Crippen LogP contribution is 2.31. The van der Waals surface area contributed by atoms with E-state index in [-0.39, 0.29) is 58.8 Å². The number of halogens is 2. The van der Waals surface area contributed by atoms with Crippen LogP contribution in [0.15, 0.2) is 17.0 Å². The van der Waals surface area contributed by atoms with Crippen LogP contribution in [0.3, 0.4) is 0 Å². The number of sulfonamides is 1. The lowest BCUT2D eigenvalue weighted by Crippen LogP contribution is -2.41. The Kier molecular flexibility index (Phi) is 8.20. The number of morpholine rings is 1. The zero-order valence-corrected chi connectivity index (χ0v) is 19.6. The van der Waals surface area contributed by atoms with Gasteiger partial charge in [0.25, 0.3) is 5.91 Å². The molecule has 1 aromatic rings. The van der Waals surface area contributed by atoms with Gasteiger partial charge in [-0.3, -0.25) is 4.79 Å². The maximum atomic E-state index is 13.0. The molecular weight excluding hydrogens is 467 g/mol. The van der Waals surface area contributed by atoms with Crippen LogP contribution in [0.1, 0.15) is 42.5 Å². The van der Waals surface area contributed by atoms with Gasteiger partial charge in [-0.25, -0.2) is 13.2 Å². The lowest BCUT2D eigenvalue weighted by atomic mass is 9.94. The van der Waals surface area contributed by atoms with Crippen LogP contribution in [0.4, 0.5) is 0 Å². The van der Waals surface area contributed by atoms with Crippen LogP contribution in [-0.4, -0.2) is 75.5 Å². The second-order valence-electron chi connectivity index (χ2n) is 7.65. The van der Waals surface area contributed by atoms with E-state index in [2.05, 4.69) is 0 Å². The zero-order chi connectivity index (χ0) is 22.6. The monoisotopic (exact) mass is 492 g/mol. The number of amides is 1. The largest absolute Gasteiger partial charge is 0.452 e. The fourth-order valence-electron chi connectivity index (χ4n) is 3.79. The summed E-state index contributed by atoms with van der Waals surface area (Å²) in [5.74, 6) is -1.20. The summed E-state index contributed by atoms with van der Waals surface area (Å²) in [6, 6.07) is 2.44. The number of ether oxygens (including phenoxy) is 2. The summed E-state index contributed by atoms with van der Waals surface area (Å²) in [5.41, 5.74) is -0.161. The van der Waals surface area contributed by atoms with E-state index < -0.39 is 22.6 Å². The Balaban J connectivity index is 1.72. The molecule has 8 nitrogen and oxygen atoms in total. The summed E-state index contributed by atoms with van der Waals surface area (Å²) in [4.78, 5) is 26.4. The summed E-state index contributed by atoms with van der Waals surface area (Å²) in [5, 5.41) is -0.148. The van der Waals surface area contributed by atoms with Crippen molar-refractivity contribution in [3.63, 3.8) is 0 Å². The molecule has 0 spiro atoms. The molecule has 0 N–H and O–H groups in total. The third-order valence-corrected chi connectivity index (χ3v) is 8.35. The average molecular weight is 493 g/mol. The highest BCUT2D eigenvalue weighted by Gasteiger charge is 2.31. The summed E-state index contributed by atoms with van der Waals surface area (Å²) in [6.07, 6.45) is 5.17. The molecule has 1 saturated heterocycles.